The lowest BCUT2D eigenvalue weighted by atomic mass is 10.4. The molecule has 0 aromatic carbocycles. The molecule has 1 amide bonds. The van der Waals surface area contributed by atoms with Gasteiger partial charge in [-0.15, -0.1) is 12.4 Å². The van der Waals surface area contributed by atoms with Crippen LogP contribution in [-0.2, 0) is 4.79 Å². The summed E-state index contributed by atoms with van der Waals surface area (Å²) in [5.41, 5.74) is 5.01. The van der Waals surface area contributed by atoms with Gasteiger partial charge in [0.15, 0.2) is 0 Å². The lowest BCUT2D eigenvalue weighted by Gasteiger charge is -2.17. The molecular formula is C8H14ClN3O. The Morgan fingerprint density at radius 3 is 2.77 bits per heavy atom. The number of hydrogen-bond acceptors (Lipinski definition) is 3. The van der Waals surface area contributed by atoms with Crippen molar-refractivity contribution in [3.63, 3.8) is 0 Å². The highest BCUT2D eigenvalue weighted by Gasteiger charge is 2.09. The summed E-state index contributed by atoms with van der Waals surface area (Å²) < 4.78 is 0. The van der Waals surface area contributed by atoms with Gasteiger partial charge in [0.2, 0.25) is 5.91 Å². The molecule has 0 aliphatic carbocycles. The Balaban J connectivity index is 0.00000144. The van der Waals surface area contributed by atoms with Crippen molar-refractivity contribution in [2.75, 3.05) is 13.2 Å². The number of halogens is 1. The van der Waals surface area contributed by atoms with Gasteiger partial charge in [0.25, 0.3) is 0 Å². The molecule has 0 bridgehead atoms. The molecule has 5 heteroatoms. The van der Waals surface area contributed by atoms with Gasteiger partial charge in [0, 0.05) is 25.4 Å². The van der Waals surface area contributed by atoms with E-state index < -0.39 is 0 Å². The van der Waals surface area contributed by atoms with Crippen molar-refractivity contribution in [2.45, 2.75) is 6.42 Å². The zero-order valence-electron chi connectivity index (χ0n) is 7.35. The largest absolute Gasteiger partial charge is 0.370 e. The summed E-state index contributed by atoms with van der Waals surface area (Å²) in [6, 6.07) is 0. The summed E-state index contributed by atoms with van der Waals surface area (Å²) in [7, 11) is 0. The van der Waals surface area contributed by atoms with E-state index in [-0.39, 0.29) is 18.3 Å². The van der Waals surface area contributed by atoms with Crippen molar-refractivity contribution >= 4 is 18.3 Å². The van der Waals surface area contributed by atoms with E-state index in [0.717, 1.165) is 6.67 Å². The van der Waals surface area contributed by atoms with E-state index in [2.05, 4.69) is 6.58 Å². The minimum Gasteiger partial charge on any atom is -0.370 e. The maximum Gasteiger partial charge on any atom is 0.219 e. The molecule has 0 spiro atoms. The quantitative estimate of drug-likeness (QED) is 0.723. The predicted octanol–water partition coefficient (Wildman–Crippen LogP) is 0.473. The van der Waals surface area contributed by atoms with Crippen LogP contribution in [0.4, 0.5) is 0 Å². The molecule has 0 unspecified atom stereocenters. The lowest BCUT2D eigenvalue weighted by molar-refractivity contribution is -0.118. The Kier molecular flexibility index (Phi) is 4.99. The van der Waals surface area contributed by atoms with E-state index in [4.69, 9.17) is 5.73 Å². The van der Waals surface area contributed by atoms with Crippen molar-refractivity contribution in [2.24, 2.45) is 5.73 Å². The first kappa shape index (κ1) is 11.8. The van der Waals surface area contributed by atoms with Crippen LogP contribution in [0, 0.1) is 0 Å². The van der Waals surface area contributed by atoms with E-state index in [1.54, 1.807) is 6.20 Å². The van der Waals surface area contributed by atoms with Crippen LogP contribution in [0.15, 0.2) is 25.2 Å². The van der Waals surface area contributed by atoms with Gasteiger partial charge in [0.05, 0.1) is 6.67 Å². The standard InChI is InChI=1S/C8H13N3O.ClH/c1-2-10-5-6-11(7-10)4-3-8(9)12;/h2,5-6H,1,3-4,7H2,(H2,9,12);1H. The van der Waals surface area contributed by atoms with Crippen LogP contribution in [0.3, 0.4) is 0 Å². The van der Waals surface area contributed by atoms with Crippen LogP contribution in [0.5, 0.6) is 0 Å². The molecule has 0 aromatic heterocycles. The normalized spacial score (nSPS) is 14.2. The number of carbonyl (C=O) groups excluding carboxylic acids is 1. The molecule has 4 nitrogen and oxygen atoms in total. The fourth-order valence-electron chi connectivity index (χ4n) is 1.00. The summed E-state index contributed by atoms with van der Waals surface area (Å²) in [5.74, 6) is -0.263. The van der Waals surface area contributed by atoms with Gasteiger partial charge >= 0.3 is 0 Å². The van der Waals surface area contributed by atoms with Gasteiger partial charge in [-0.25, -0.2) is 0 Å². The average molecular weight is 204 g/mol. The summed E-state index contributed by atoms with van der Waals surface area (Å²) in [6.45, 7) is 5.07. The molecule has 0 fully saturated rings. The highest BCUT2D eigenvalue weighted by Crippen LogP contribution is 2.06. The number of rotatable bonds is 4. The number of nitrogens with two attached hydrogens (primary N) is 1. The second kappa shape index (κ2) is 5.48. The second-order valence-electron chi connectivity index (χ2n) is 2.67. The summed E-state index contributed by atoms with van der Waals surface area (Å²) in [6.07, 6.45) is 5.97. The molecule has 0 saturated carbocycles. The fraction of sp³-hybridized carbons (Fsp3) is 0.375. The number of nitrogens with zero attached hydrogens (tertiary/aromatic N) is 2. The molecule has 0 atom stereocenters. The third kappa shape index (κ3) is 3.85. The Morgan fingerprint density at radius 2 is 2.31 bits per heavy atom. The van der Waals surface area contributed by atoms with Crippen molar-refractivity contribution in [1.82, 2.24) is 9.80 Å². The first-order valence-electron chi connectivity index (χ1n) is 3.81. The molecule has 1 heterocycles. The van der Waals surface area contributed by atoms with Gasteiger partial charge in [-0.2, -0.15) is 0 Å². The molecule has 1 rings (SSSR count). The Labute approximate surface area is 84.1 Å². The minimum absolute atomic E-state index is 0. The van der Waals surface area contributed by atoms with Crippen LogP contribution in [0.25, 0.3) is 0 Å². The van der Waals surface area contributed by atoms with Gasteiger partial charge in [-0.3, -0.25) is 4.79 Å². The SMILES string of the molecule is C=CN1C=CN(CCC(N)=O)C1.Cl. The molecule has 74 valence electrons. The number of primary amides is 1. The van der Waals surface area contributed by atoms with Gasteiger partial charge in [-0.05, 0) is 6.20 Å². The van der Waals surface area contributed by atoms with Crippen molar-refractivity contribution in [3.8, 4) is 0 Å². The maximum atomic E-state index is 10.4. The second-order valence-corrected chi connectivity index (χ2v) is 2.67. The number of amides is 1. The molecule has 2 N–H and O–H groups in total. The number of hydrogen-bond donors (Lipinski definition) is 1. The molecular weight excluding hydrogens is 190 g/mol. The molecule has 0 saturated heterocycles. The first-order chi connectivity index (χ1) is 5.72. The van der Waals surface area contributed by atoms with E-state index in [9.17, 15) is 4.79 Å². The topological polar surface area (TPSA) is 49.6 Å². The third-order valence-electron chi connectivity index (χ3n) is 1.69. The summed E-state index contributed by atoms with van der Waals surface area (Å²) in [5, 5.41) is 0. The van der Waals surface area contributed by atoms with E-state index in [1.165, 1.54) is 0 Å². The molecule has 0 radical (unpaired) electrons. The van der Waals surface area contributed by atoms with Crippen LogP contribution in [-0.4, -0.2) is 28.9 Å². The van der Waals surface area contributed by atoms with Crippen LogP contribution >= 0.6 is 12.4 Å². The molecule has 0 aromatic rings. The zero-order valence-corrected chi connectivity index (χ0v) is 8.17. The Morgan fingerprint density at radius 1 is 1.62 bits per heavy atom. The molecule has 1 aliphatic rings. The lowest BCUT2D eigenvalue weighted by Crippen LogP contribution is -2.26. The van der Waals surface area contributed by atoms with E-state index >= 15 is 0 Å². The first-order valence-corrected chi connectivity index (χ1v) is 3.81. The third-order valence-corrected chi connectivity index (χ3v) is 1.69. The smallest absolute Gasteiger partial charge is 0.219 e. The van der Waals surface area contributed by atoms with Crippen molar-refractivity contribution < 1.29 is 4.79 Å². The molecule has 13 heavy (non-hydrogen) atoms. The highest BCUT2D eigenvalue weighted by molar-refractivity contribution is 5.85. The summed E-state index contributed by atoms with van der Waals surface area (Å²) in [4.78, 5) is 14.4. The van der Waals surface area contributed by atoms with Crippen LogP contribution in [0.1, 0.15) is 6.42 Å². The van der Waals surface area contributed by atoms with Crippen LogP contribution < -0.4 is 5.73 Å². The highest BCUT2D eigenvalue weighted by atomic mass is 35.5. The zero-order chi connectivity index (χ0) is 8.97. The Bertz CT molecular complexity index is 217. The van der Waals surface area contributed by atoms with Gasteiger partial charge in [0.1, 0.15) is 0 Å². The monoisotopic (exact) mass is 203 g/mol. The van der Waals surface area contributed by atoms with E-state index in [0.29, 0.717) is 13.0 Å². The summed E-state index contributed by atoms with van der Waals surface area (Å²) >= 11 is 0. The van der Waals surface area contributed by atoms with Gasteiger partial charge < -0.3 is 15.5 Å². The number of carbonyl (C=O) groups is 1. The Hall–Kier alpha value is -1.16. The van der Waals surface area contributed by atoms with Crippen LogP contribution in [0.2, 0.25) is 0 Å². The van der Waals surface area contributed by atoms with Crippen molar-refractivity contribution in [1.29, 1.82) is 0 Å². The van der Waals surface area contributed by atoms with E-state index in [1.807, 2.05) is 22.2 Å². The predicted molar refractivity (Wildman–Crippen MR) is 53.8 cm³/mol. The van der Waals surface area contributed by atoms with Crippen molar-refractivity contribution in [3.05, 3.63) is 25.2 Å². The maximum absolute atomic E-state index is 10.4. The van der Waals surface area contributed by atoms with Gasteiger partial charge in [-0.1, -0.05) is 6.58 Å². The minimum atomic E-state index is -0.263. The fourth-order valence-corrected chi connectivity index (χ4v) is 1.00. The average Bonchev–Trinajstić information content (AvgIpc) is 2.48. The molecule has 1 aliphatic heterocycles.